The van der Waals surface area contributed by atoms with E-state index in [4.69, 9.17) is 22.1 Å². The summed E-state index contributed by atoms with van der Waals surface area (Å²) in [6.45, 7) is 0. The van der Waals surface area contributed by atoms with Gasteiger partial charge in [0, 0.05) is 17.0 Å². The number of rotatable bonds is 2. The van der Waals surface area contributed by atoms with E-state index in [1.807, 2.05) is 0 Å². The summed E-state index contributed by atoms with van der Waals surface area (Å²) in [5, 5.41) is 0.433. The number of benzene rings is 1. The summed E-state index contributed by atoms with van der Waals surface area (Å²) in [4.78, 5) is 0. The summed E-state index contributed by atoms with van der Waals surface area (Å²) in [5.41, 5.74) is 4.31. The van der Waals surface area contributed by atoms with Gasteiger partial charge in [0.15, 0.2) is 0 Å². The molecule has 15 heavy (non-hydrogen) atoms. The van der Waals surface area contributed by atoms with Crippen molar-refractivity contribution in [2.45, 2.75) is 17.9 Å². The highest BCUT2D eigenvalue weighted by Crippen LogP contribution is 2.59. The summed E-state index contributed by atoms with van der Waals surface area (Å²) in [6, 6.07) is 4.50. The molecule has 1 atom stereocenters. The molecule has 1 saturated carbocycles. The third-order valence-electron chi connectivity index (χ3n) is 2.67. The minimum Gasteiger partial charge on any atom is -0.496 e. The van der Waals surface area contributed by atoms with E-state index >= 15 is 0 Å². The van der Waals surface area contributed by atoms with Crippen LogP contribution < -0.4 is 10.5 Å². The van der Waals surface area contributed by atoms with Gasteiger partial charge in [-0.05, 0) is 12.1 Å². The monoisotopic (exact) mass is 233 g/mol. The fraction of sp³-hybridized carbons (Fsp3) is 0.400. The van der Waals surface area contributed by atoms with Crippen LogP contribution in [0.3, 0.4) is 0 Å². The number of halogens is 3. The van der Waals surface area contributed by atoms with Gasteiger partial charge in [0.1, 0.15) is 11.3 Å². The third kappa shape index (κ3) is 1.48. The topological polar surface area (TPSA) is 35.2 Å². The Kier molecular flexibility index (Phi) is 2.17. The van der Waals surface area contributed by atoms with Crippen molar-refractivity contribution in [2.75, 3.05) is 7.11 Å². The molecule has 0 aliphatic heterocycles. The fourth-order valence-electron chi connectivity index (χ4n) is 1.63. The quantitative estimate of drug-likeness (QED) is 0.852. The Morgan fingerprint density at radius 3 is 2.53 bits per heavy atom. The van der Waals surface area contributed by atoms with Crippen molar-refractivity contribution in [2.24, 2.45) is 5.73 Å². The predicted octanol–water partition coefficient (Wildman–Crippen LogP) is 2.54. The molecular formula is C10H10ClF2NO. The average molecular weight is 234 g/mol. The van der Waals surface area contributed by atoms with Gasteiger partial charge in [0.2, 0.25) is 0 Å². The Labute approximate surface area is 91.0 Å². The number of methoxy groups -OCH3 is 1. The van der Waals surface area contributed by atoms with Gasteiger partial charge < -0.3 is 10.5 Å². The van der Waals surface area contributed by atoms with Crippen LogP contribution in [-0.4, -0.2) is 13.0 Å². The molecule has 0 spiro atoms. The predicted molar refractivity (Wildman–Crippen MR) is 53.4 cm³/mol. The van der Waals surface area contributed by atoms with Crippen LogP contribution in [0.1, 0.15) is 12.0 Å². The van der Waals surface area contributed by atoms with E-state index in [1.54, 1.807) is 0 Å². The largest absolute Gasteiger partial charge is 0.496 e. The standard InChI is InChI=1S/C10H10ClF2NO/c1-15-8-4-6(11)2-3-7(8)9(14)5-10(9,12)13/h2-4H,5,14H2,1H3. The van der Waals surface area contributed by atoms with Crippen molar-refractivity contribution in [3.8, 4) is 5.75 Å². The summed E-state index contributed by atoms with van der Waals surface area (Å²) < 4.78 is 31.1. The second-order valence-electron chi connectivity index (χ2n) is 3.70. The molecule has 5 heteroatoms. The molecule has 0 radical (unpaired) electrons. The molecular weight excluding hydrogens is 224 g/mol. The van der Waals surface area contributed by atoms with Crippen LogP contribution in [-0.2, 0) is 5.54 Å². The molecule has 2 nitrogen and oxygen atoms in total. The van der Waals surface area contributed by atoms with Crippen molar-refractivity contribution in [1.82, 2.24) is 0 Å². The maximum atomic E-state index is 13.1. The average Bonchev–Trinajstić information content (AvgIpc) is 2.66. The molecule has 1 fully saturated rings. The lowest BCUT2D eigenvalue weighted by molar-refractivity contribution is 0.0884. The molecule has 2 rings (SSSR count). The Bertz CT molecular complexity index is 410. The first kappa shape index (κ1) is 10.6. The highest BCUT2D eigenvalue weighted by molar-refractivity contribution is 6.30. The van der Waals surface area contributed by atoms with E-state index in [9.17, 15) is 8.78 Å². The molecule has 0 bridgehead atoms. The smallest absolute Gasteiger partial charge is 0.272 e. The first-order chi connectivity index (χ1) is 6.90. The summed E-state index contributed by atoms with van der Waals surface area (Å²) >= 11 is 5.73. The SMILES string of the molecule is COc1cc(Cl)ccc1C1(N)CC1(F)F. The van der Waals surface area contributed by atoms with Gasteiger partial charge in [-0.2, -0.15) is 0 Å². The van der Waals surface area contributed by atoms with Crippen LogP contribution in [0.4, 0.5) is 8.78 Å². The Morgan fingerprint density at radius 2 is 2.07 bits per heavy atom. The Hall–Kier alpha value is -0.870. The van der Waals surface area contributed by atoms with Crippen molar-refractivity contribution < 1.29 is 13.5 Å². The zero-order chi connectivity index (χ0) is 11.3. The number of hydrogen-bond acceptors (Lipinski definition) is 2. The van der Waals surface area contributed by atoms with Crippen LogP contribution in [0, 0.1) is 0 Å². The lowest BCUT2D eigenvalue weighted by atomic mass is 10.0. The molecule has 2 N–H and O–H groups in total. The van der Waals surface area contributed by atoms with E-state index in [2.05, 4.69) is 0 Å². The molecule has 0 aromatic heterocycles. The zero-order valence-electron chi connectivity index (χ0n) is 8.06. The second kappa shape index (κ2) is 3.06. The van der Waals surface area contributed by atoms with Gasteiger partial charge >= 0.3 is 0 Å². The van der Waals surface area contributed by atoms with E-state index in [0.29, 0.717) is 16.3 Å². The fourth-order valence-corrected chi connectivity index (χ4v) is 1.79. The Morgan fingerprint density at radius 1 is 1.47 bits per heavy atom. The number of hydrogen-bond donors (Lipinski definition) is 1. The van der Waals surface area contributed by atoms with E-state index < -0.39 is 11.5 Å². The van der Waals surface area contributed by atoms with Crippen molar-refractivity contribution >= 4 is 11.6 Å². The van der Waals surface area contributed by atoms with Gasteiger partial charge in [0.25, 0.3) is 5.92 Å². The van der Waals surface area contributed by atoms with Gasteiger partial charge in [-0.3, -0.25) is 0 Å². The molecule has 1 aromatic rings. The van der Waals surface area contributed by atoms with Crippen molar-refractivity contribution in [1.29, 1.82) is 0 Å². The first-order valence-corrected chi connectivity index (χ1v) is 4.79. The van der Waals surface area contributed by atoms with Gasteiger partial charge in [-0.1, -0.05) is 17.7 Å². The lowest BCUT2D eigenvalue weighted by Crippen LogP contribution is -2.27. The minimum atomic E-state index is -2.85. The minimum absolute atomic E-state index is 0.305. The summed E-state index contributed by atoms with van der Waals surface area (Å²) in [7, 11) is 1.40. The van der Waals surface area contributed by atoms with Gasteiger partial charge in [-0.25, -0.2) is 8.78 Å². The van der Waals surface area contributed by atoms with Gasteiger partial charge in [0.05, 0.1) is 7.11 Å². The molecule has 82 valence electrons. The molecule has 1 aromatic carbocycles. The van der Waals surface area contributed by atoms with E-state index in [0.717, 1.165) is 0 Å². The normalized spacial score (nSPS) is 27.5. The molecule has 0 amide bonds. The molecule has 0 heterocycles. The van der Waals surface area contributed by atoms with E-state index in [1.165, 1.54) is 25.3 Å². The Balaban J connectivity index is 2.46. The van der Waals surface area contributed by atoms with Crippen molar-refractivity contribution in [3.05, 3.63) is 28.8 Å². The van der Waals surface area contributed by atoms with Crippen LogP contribution in [0.5, 0.6) is 5.75 Å². The van der Waals surface area contributed by atoms with Crippen LogP contribution in [0.25, 0.3) is 0 Å². The lowest BCUT2D eigenvalue weighted by Gasteiger charge is -2.15. The van der Waals surface area contributed by atoms with Crippen molar-refractivity contribution in [3.63, 3.8) is 0 Å². The highest BCUT2D eigenvalue weighted by atomic mass is 35.5. The summed E-state index contributed by atoms with van der Waals surface area (Å²) in [5.74, 6) is -2.55. The second-order valence-corrected chi connectivity index (χ2v) is 4.13. The molecule has 1 aliphatic rings. The van der Waals surface area contributed by atoms with Crippen LogP contribution in [0.2, 0.25) is 5.02 Å². The highest BCUT2D eigenvalue weighted by Gasteiger charge is 2.70. The maximum Gasteiger partial charge on any atom is 0.272 e. The number of alkyl halides is 2. The zero-order valence-corrected chi connectivity index (χ0v) is 8.81. The maximum absolute atomic E-state index is 13.1. The molecule has 1 aliphatic carbocycles. The number of nitrogens with two attached hydrogens (primary N) is 1. The first-order valence-electron chi connectivity index (χ1n) is 4.41. The van der Waals surface area contributed by atoms with Crippen LogP contribution >= 0.6 is 11.6 Å². The number of ether oxygens (including phenoxy) is 1. The third-order valence-corrected chi connectivity index (χ3v) is 2.91. The molecule has 0 saturated heterocycles. The summed E-state index contributed by atoms with van der Waals surface area (Å²) in [6.07, 6.45) is -0.349. The van der Waals surface area contributed by atoms with Crippen LogP contribution in [0.15, 0.2) is 18.2 Å². The van der Waals surface area contributed by atoms with Gasteiger partial charge in [-0.15, -0.1) is 0 Å². The molecule has 1 unspecified atom stereocenters. The van der Waals surface area contributed by atoms with E-state index in [-0.39, 0.29) is 6.42 Å².